The van der Waals surface area contributed by atoms with Gasteiger partial charge in [0, 0.05) is 44.6 Å². The fraction of sp³-hybridized carbons (Fsp3) is 0.400. The molecule has 0 aromatic carbocycles. The predicted octanol–water partition coefficient (Wildman–Crippen LogP) is 2.29. The summed E-state index contributed by atoms with van der Waals surface area (Å²) in [5, 5.41) is 13.5. The standard InChI is InChI=1S/C15H17N5S/c1-12(13-2-9-21-11-13)19-5-7-20(8-6-19)15-14(10-16)17-3-4-18-15/h2-4,9,11-12H,5-8H2,1H3. The molecule has 1 unspecified atom stereocenters. The molecule has 0 N–H and O–H groups in total. The Bertz CT molecular complexity index is 626. The zero-order valence-electron chi connectivity index (χ0n) is 11.9. The van der Waals surface area contributed by atoms with E-state index >= 15 is 0 Å². The molecule has 1 fully saturated rings. The van der Waals surface area contributed by atoms with Gasteiger partial charge in [0.15, 0.2) is 11.5 Å². The number of piperazine rings is 1. The molecule has 3 heterocycles. The van der Waals surface area contributed by atoms with Gasteiger partial charge in [-0.05, 0) is 29.3 Å². The zero-order valence-corrected chi connectivity index (χ0v) is 12.8. The van der Waals surface area contributed by atoms with Crippen LogP contribution in [-0.2, 0) is 0 Å². The number of thiophene rings is 1. The molecular formula is C15H17N5S. The Balaban J connectivity index is 1.67. The molecule has 1 aliphatic rings. The van der Waals surface area contributed by atoms with E-state index in [0.29, 0.717) is 17.6 Å². The lowest BCUT2D eigenvalue weighted by molar-refractivity contribution is 0.198. The van der Waals surface area contributed by atoms with Crippen LogP contribution in [0.3, 0.4) is 0 Å². The summed E-state index contributed by atoms with van der Waals surface area (Å²) in [5.74, 6) is 0.711. The molecule has 0 aliphatic carbocycles. The largest absolute Gasteiger partial charge is 0.352 e. The average Bonchev–Trinajstić information content (AvgIpc) is 3.09. The van der Waals surface area contributed by atoms with Gasteiger partial charge in [0.2, 0.25) is 0 Å². The number of rotatable bonds is 3. The average molecular weight is 299 g/mol. The lowest BCUT2D eigenvalue weighted by Gasteiger charge is -2.38. The van der Waals surface area contributed by atoms with Crippen molar-refractivity contribution in [1.82, 2.24) is 14.9 Å². The summed E-state index contributed by atoms with van der Waals surface area (Å²) in [6.07, 6.45) is 3.22. The van der Waals surface area contributed by atoms with E-state index in [-0.39, 0.29) is 0 Å². The highest BCUT2D eigenvalue weighted by atomic mass is 32.1. The van der Waals surface area contributed by atoms with Gasteiger partial charge in [-0.3, -0.25) is 4.90 Å². The van der Waals surface area contributed by atoms with E-state index in [9.17, 15) is 0 Å². The first-order chi connectivity index (χ1) is 10.3. The molecule has 2 aromatic rings. The Hall–Kier alpha value is -1.97. The van der Waals surface area contributed by atoms with Gasteiger partial charge in [-0.25, -0.2) is 9.97 Å². The molecule has 1 saturated heterocycles. The van der Waals surface area contributed by atoms with Crippen molar-refractivity contribution in [2.75, 3.05) is 31.1 Å². The second-order valence-electron chi connectivity index (χ2n) is 5.10. The number of nitriles is 1. The lowest BCUT2D eigenvalue weighted by Crippen LogP contribution is -2.47. The van der Waals surface area contributed by atoms with Crippen molar-refractivity contribution < 1.29 is 0 Å². The zero-order chi connectivity index (χ0) is 14.7. The fourth-order valence-corrected chi connectivity index (χ4v) is 3.43. The maximum atomic E-state index is 9.13. The number of hydrogen-bond donors (Lipinski definition) is 0. The van der Waals surface area contributed by atoms with Crippen LogP contribution in [0.25, 0.3) is 0 Å². The van der Waals surface area contributed by atoms with E-state index in [1.54, 1.807) is 23.7 Å². The number of anilines is 1. The highest BCUT2D eigenvalue weighted by Crippen LogP contribution is 2.25. The molecule has 0 saturated carbocycles. The summed E-state index contributed by atoms with van der Waals surface area (Å²) < 4.78 is 0. The lowest BCUT2D eigenvalue weighted by atomic mass is 10.1. The Kier molecular flexibility index (Phi) is 4.13. The van der Waals surface area contributed by atoms with E-state index in [2.05, 4.69) is 49.6 Å². The molecule has 0 bridgehead atoms. The van der Waals surface area contributed by atoms with Crippen molar-refractivity contribution >= 4 is 17.2 Å². The first kappa shape index (κ1) is 14.0. The van der Waals surface area contributed by atoms with Crippen LogP contribution in [0.2, 0.25) is 0 Å². The first-order valence-corrected chi connectivity index (χ1v) is 7.96. The summed E-state index contributed by atoms with van der Waals surface area (Å²) in [6.45, 7) is 5.95. The van der Waals surface area contributed by atoms with Gasteiger partial charge in [-0.1, -0.05) is 0 Å². The third-order valence-electron chi connectivity index (χ3n) is 3.97. The van der Waals surface area contributed by atoms with Gasteiger partial charge in [-0.2, -0.15) is 16.6 Å². The first-order valence-electron chi connectivity index (χ1n) is 7.02. The van der Waals surface area contributed by atoms with Crippen molar-refractivity contribution in [3.8, 4) is 6.07 Å². The van der Waals surface area contributed by atoms with E-state index in [4.69, 9.17) is 5.26 Å². The van der Waals surface area contributed by atoms with Crippen LogP contribution >= 0.6 is 11.3 Å². The Morgan fingerprint density at radius 3 is 2.67 bits per heavy atom. The normalized spacial score (nSPS) is 17.4. The fourth-order valence-electron chi connectivity index (χ4n) is 2.69. The molecule has 1 atom stereocenters. The van der Waals surface area contributed by atoms with Crippen LogP contribution < -0.4 is 4.90 Å². The second-order valence-corrected chi connectivity index (χ2v) is 5.88. The molecule has 0 amide bonds. The maximum Gasteiger partial charge on any atom is 0.183 e. The number of aromatic nitrogens is 2. The Morgan fingerprint density at radius 2 is 2.00 bits per heavy atom. The van der Waals surface area contributed by atoms with Crippen LogP contribution in [-0.4, -0.2) is 41.0 Å². The molecule has 108 valence electrons. The third-order valence-corrected chi connectivity index (χ3v) is 4.67. The summed E-state index contributed by atoms with van der Waals surface area (Å²) in [5.41, 5.74) is 1.79. The minimum Gasteiger partial charge on any atom is -0.352 e. The van der Waals surface area contributed by atoms with Gasteiger partial charge in [0.05, 0.1) is 0 Å². The topological polar surface area (TPSA) is 56.1 Å². The van der Waals surface area contributed by atoms with Crippen LogP contribution in [0.1, 0.15) is 24.2 Å². The number of hydrogen-bond acceptors (Lipinski definition) is 6. The van der Waals surface area contributed by atoms with E-state index in [0.717, 1.165) is 26.2 Å². The van der Waals surface area contributed by atoms with Gasteiger partial charge in [0.25, 0.3) is 0 Å². The quantitative estimate of drug-likeness (QED) is 0.870. The molecule has 3 rings (SSSR count). The van der Waals surface area contributed by atoms with Gasteiger partial charge >= 0.3 is 0 Å². The van der Waals surface area contributed by atoms with Crippen LogP contribution in [0.4, 0.5) is 5.82 Å². The van der Waals surface area contributed by atoms with Gasteiger partial charge in [0.1, 0.15) is 6.07 Å². The molecule has 1 aliphatic heterocycles. The van der Waals surface area contributed by atoms with Gasteiger partial charge < -0.3 is 4.90 Å². The van der Waals surface area contributed by atoms with Gasteiger partial charge in [-0.15, -0.1) is 0 Å². The van der Waals surface area contributed by atoms with Crippen LogP contribution in [0.15, 0.2) is 29.2 Å². The molecule has 2 aromatic heterocycles. The molecule has 5 nitrogen and oxygen atoms in total. The monoisotopic (exact) mass is 299 g/mol. The summed E-state index contributed by atoms with van der Waals surface area (Å²) in [7, 11) is 0. The summed E-state index contributed by atoms with van der Waals surface area (Å²) >= 11 is 1.74. The molecular weight excluding hydrogens is 282 g/mol. The Labute approximate surface area is 128 Å². The predicted molar refractivity (Wildman–Crippen MR) is 83.3 cm³/mol. The van der Waals surface area contributed by atoms with Crippen molar-refractivity contribution in [3.05, 3.63) is 40.5 Å². The smallest absolute Gasteiger partial charge is 0.183 e. The van der Waals surface area contributed by atoms with E-state index < -0.39 is 0 Å². The van der Waals surface area contributed by atoms with E-state index in [1.165, 1.54) is 5.56 Å². The minimum atomic E-state index is 0.414. The van der Waals surface area contributed by atoms with E-state index in [1.807, 2.05) is 0 Å². The molecule has 0 radical (unpaired) electrons. The second kappa shape index (κ2) is 6.20. The van der Waals surface area contributed by atoms with Crippen molar-refractivity contribution in [2.45, 2.75) is 13.0 Å². The Morgan fingerprint density at radius 1 is 1.24 bits per heavy atom. The highest BCUT2D eigenvalue weighted by molar-refractivity contribution is 7.07. The van der Waals surface area contributed by atoms with Crippen molar-refractivity contribution in [1.29, 1.82) is 5.26 Å². The number of nitrogens with zero attached hydrogens (tertiary/aromatic N) is 5. The third kappa shape index (κ3) is 2.89. The SMILES string of the molecule is CC(c1ccsc1)N1CCN(c2nccnc2C#N)CC1. The maximum absolute atomic E-state index is 9.13. The van der Waals surface area contributed by atoms with Crippen LogP contribution in [0.5, 0.6) is 0 Å². The van der Waals surface area contributed by atoms with Crippen molar-refractivity contribution in [3.63, 3.8) is 0 Å². The van der Waals surface area contributed by atoms with Crippen LogP contribution in [0, 0.1) is 11.3 Å². The summed E-state index contributed by atoms with van der Waals surface area (Å²) in [6, 6.07) is 4.75. The molecule has 6 heteroatoms. The van der Waals surface area contributed by atoms with Crippen molar-refractivity contribution in [2.24, 2.45) is 0 Å². The minimum absolute atomic E-state index is 0.414. The summed E-state index contributed by atoms with van der Waals surface area (Å²) in [4.78, 5) is 13.0. The molecule has 21 heavy (non-hydrogen) atoms. The highest BCUT2D eigenvalue weighted by Gasteiger charge is 2.24. The molecule has 0 spiro atoms.